The Kier molecular flexibility index (Phi) is 6.56. The van der Waals surface area contributed by atoms with Gasteiger partial charge in [0.1, 0.15) is 5.69 Å². The summed E-state index contributed by atoms with van der Waals surface area (Å²) in [5.74, 6) is -0.0979. The van der Waals surface area contributed by atoms with Gasteiger partial charge >= 0.3 is 0 Å². The van der Waals surface area contributed by atoms with E-state index >= 15 is 0 Å². The molecule has 5 nitrogen and oxygen atoms in total. The van der Waals surface area contributed by atoms with E-state index in [9.17, 15) is 4.79 Å². The number of nitrogens with zero attached hydrogens (tertiary/aromatic N) is 2. The number of rotatable bonds is 8. The third kappa shape index (κ3) is 4.79. The lowest BCUT2D eigenvalue weighted by molar-refractivity contribution is 0.0983. The molecule has 1 amide bonds. The van der Waals surface area contributed by atoms with Crippen molar-refractivity contribution >= 4 is 17.3 Å². The quantitative estimate of drug-likeness (QED) is 0.760. The van der Waals surface area contributed by atoms with E-state index in [1.807, 2.05) is 43.3 Å². The number of anilines is 2. The van der Waals surface area contributed by atoms with Crippen molar-refractivity contribution in [3.8, 4) is 0 Å². The largest absolute Gasteiger partial charge is 0.385 e. The molecular formula is C18H23N3O2. The zero-order chi connectivity index (χ0) is 16.5. The number of aromatic nitrogens is 1. The van der Waals surface area contributed by atoms with Crippen molar-refractivity contribution in [2.24, 2.45) is 0 Å². The number of carbonyl (C=O) groups excluding carboxylic acids is 1. The minimum atomic E-state index is -0.0979. The fourth-order valence-electron chi connectivity index (χ4n) is 2.30. The van der Waals surface area contributed by atoms with Crippen molar-refractivity contribution < 1.29 is 9.53 Å². The van der Waals surface area contributed by atoms with Crippen LogP contribution in [0.1, 0.15) is 23.8 Å². The van der Waals surface area contributed by atoms with Crippen LogP contribution in [-0.4, -0.2) is 37.7 Å². The first kappa shape index (κ1) is 17.0. The highest BCUT2D eigenvalue weighted by atomic mass is 16.5. The summed E-state index contributed by atoms with van der Waals surface area (Å²) in [6.07, 6.45) is 2.57. The Labute approximate surface area is 137 Å². The van der Waals surface area contributed by atoms with E-state index < -0.39 is 0 Å². The van der Waals surface area contributed by atoms with Crippen LogP contribution in [0.4, 0.5) is 11.4 Å². The van der Waals surface area contributed by atoms with Crippen LogP contribution in [0.25, 0.3) is 0 Å². The molecule has 0 aliphatic heterocycles. The molecule has 0 saturated carbocycles. The van der Waals surface area contributed by atoms with E-state index in [1.165, 1.54) is 0 Å². The summed E-state index contributed by atoms with van der Waals surface area (Å²) in [5.41, 5.74) is 2.20. The van der Waals surface area contributed by atoms with Crippen LogP contribution < -0.4 is 10.2 Å². The smallest absolute Gasteiger partial charge is 0.276 e. The van der Waals surface area contributed by atoms with Crippen LogP contribution in [0.2, 0.25) is 0 Å². The lowest BCUT2D eigenvalue weighted by Crippen LogP contribution is -2.31. The number of carbonyl (C=O) groups is 1. The van der Waals surface area contributed by atoms with Crippen LogP contribution in [0.15, 0.2) is 48.7 Å². The van der Waals surface area contributed by atoms with Gasteiger partial charge < -0.3 is 15.0 Å². The van der Waals surface area contributed by atoms with Gasteiger partial charge in [0.05, 0.1) is 0 Å². The van der Waals surface area contributed by atoms with Crippen molar-refractivity contribution in [3.05, 3.63) is 54.4 Å². The molecule has 0 unspecified atom stereocenters. The number of hydrogen-bond acceptors (Lipinski definition) is 4. The zero-order valence-electron chi connectivity index (χ0n) is 13.7. The van der Waals surface area contributed by atoms with Gasteiger partial charge in [0.25, 0.3) is 5.91 Å². The fraction of sp³-hybridized carbons (Fsp3) is 0.333. The molecule has 0 radical (unpaired) electrons. The van der Waals surface area contributed by atoms with Gasteiger partial charge in [-0.05, 0) is 37.6 Å². The summed E-state index contributed by atoms with van der Waals surface area (Å²) in [6, 6.07) is 13.3. The lowest BCUT2D eigenvalue weighted by Gasteiger charge is -2.20. The fourth-order valence-corrected chi connectivity index (χ4v) is 2.30. The van der Waals surface area contributed by atoms with Crippen LogP contribution in [0, 0.1) is 0 Å². The molecule has 0 aliphatic carbocycles. The third-order valence-electron chi connectivity index (χ3n) is 3.46. The topological polar surface area (TPSA) is 54.5 Å². The van der Waals surface area contributed by atoms with E-state index in [0.717, 1.165) is 24.3 Å². The van der Waals surface area contributed by atoms with E-state index in [2.05, 4.69) is 10.3 Å². The minimum absolute atomic E-state index is 0.0979. The molecule has 5 heteroatoms. The number of para-hydroxylation sites is 1. The number of methoxy groups -OCH3 is 1. The maximum absolute atomic E-state index is 12.7. The summed E-state index contributed by atoms with van der Waals surface area (Å²) >= 11 is 0. The maximum atomic E-state index is 12.7. The second kappa shape index (κ2) is 8.90. The first-order valence-electron chi connectivity index (χ1n) is 7.82. The van der Waals surface area contributed by atoms with Gasteiger partial charge in [-0.15, -0.1) is 0 Å². The average molecular weight is 313 g/mol. The molecule has 2 aromatic rings. The van der Waals surface area contributed by atoms with Crippen LogP contribution in [0.3, 0.4) is 0 Å². The Morgan fingerprint density at radius 2 is 2.04 bits per heavy atom. The van der Waals surface area contributed by atoms with Crippen LogP contribution >= 0.6 is 0 Å². The molecule has 1 aromatic heterocycles. The van der Waals surface area contributed by atoms with Crippen LogP contribution in [0.5, 0.6) is 0 Å². The highest BCUT2D eigenvalue weighted by molar-refractivity contribution is 6.05. The standard InChI is InChI=1S/C18H23N3O2/c1-3-21(16-8-5-4-6-9-16)18(22)17-14-15(10-12-20-17)19-11-7-13-23-2/h4-6,8-10,12,14H,3,7,11,13H2,1-2H3,(H,19,20). The van der Waals surface area contributed by atoms with Crippen LogP contribution in [-0.2, 0) is 4.74 Å². The van der Waals surface area contributed by atoms with Crippen molar-refractivity contribution in [1.29, 1.82) is 0 Å². The summed E-state index contributed by atoms with van der Waals surface area (Å²) in [4.78, 5) is 18.7. The van der Waals surface area contributed by atoms with E-state index in [4.69, 9.17) is 4.74 Å². The number of pyridine rings is 1. The van der Waals surface area contributed by atoms with E-state index in [-0.39, 0.29) is 5.91 Å². The van der Waals surface area contributed by atoms with Gasteiger partial charge in [-0.3, -0.25) is 9.78 Å². The van der Waals surface area contributed by atoms with E-state index in [0.29, 0.717) is 18.8 Å². The third-order valence-corrected chi connectivity index (χ3v) is 3.46. The Bertz CT molecular complexity index is 617. The lowest BCUT2D eigenvalue weighted by atomic mass is 10.2. The molecule has 1 N–H and O–H groups in total. The van der Waals surface area contributed by atoms with Gasteiger partial charge in [0.2, 0.25) is 0 Å². The number of ether oxygens (including phenoxy) is 1. The second-order valence-electron chi connectivity index (χ2n) is 5.09. The van der Waals surface area contributed by atoms with Crippen molar-refractivity contribution in [2.45, 2.75) is 13.3 Å². The number of hydrogen-bond donors (Lipinski definition) is 1. The molecule has 0 spiro atoms. The monoisotopic (exact) mass is 313 g/mol. The summed E-state index contributed by atoms with van der Waals surface area (Å²) in [5, 5.41) is 3.28. The predicted octanol–water partition coefficient (Wildman–Crippen LogP) is 3.20. The normalized spacial score (nSPS) is 10.3. The van der Waals surface area contributed by atoms with Crippen molar-refractivity contribution in [3.63, 3.8) is 0 Å². The van der Waals surface area contributed by atoms with Gasteiger partial charge in [0.15, 0.2) is 0 Å². The summed E-state index contributed by atoms with van der Waals surface area (Å²) < 4.78 is 5.02. The molecule has 0 saturated heterocycles. The molecule has 0 atom stereocenters. The minimum Gasteiger partial charge on any atom is -0.385 e. The molecule has 1 heterocycles. The molecule has 122 valence electrons. The number of benzene rings is 1. The molecule has 0 bridgehead atoms. The first-order chi connectivity index (χ1) is 11.3. The Morgan fingerprint density at radius 1 is 1.26 bits per heavy atom. The summed E-state index contributed by atoms with van der Waals surface area (Å²) in [6.45, 7) is 4.05. The van der Waals surface area contributed by atoms with E-state index in [1.54, 1.807) is 24.3 Å². The molecule has 2 rings (SSSR count). The highest BCUT2D eigenvalue weighted by Gasteiger charge is 2.17. The Balaban J connectivity index is 2.09. The van der Waals surface area contributed by atoms with Gasteiger partial charge in [-0.25, -0.2) is 0 Å². The van der Waals surface area contributed by atoms with Crippen molar-refractivity contribution in [1.82, 2.24) is 4.98 Å². The Hall–Kier alpha value is -2.40. The van der Waals surface area contributed by atoms with Gasteiger partial charge in [-0.1, -0.05) is 18.2 Å². The second-order valence-corrected chi connectivity index (χ2v) is 5.09. The van der Waals surface area contributed by atoms with Gasteiger partial charge in [-0.2, -0.15) is 0 Å². The van der Waals surface area contributed by atoms with Crippen molar-refractivity contribution in [2.75, 3.05) is 37.0 Å². The summed E-state index contributed by atoms with van der Waals surface area (Å²) in [7, 11) is 1.69. The SMILES string of the molecule is CCN(C(=O)c1cc(NCCCOC)ccn1)c1ccccc1. The molecular weight excluding hydrogens is 290 g/mol. The Morgan fingerprint density at radius 3 is 2.74 bits per heavy atom. The van der Waals surface area contributed by atoms with Gasteiger partial charge in [0, 0.05) is 44.4 Å². The average Bonchev–Trinajstić information content (AvgIpc) is 2.60. The molecule has 23 heavy (non-hydrogen) atoms. The zero-order valence-corrected chi connectivity index (χ0v) is 13.7. The maximum Gasteiger partial charge on any atom is 0.276 e. The highest BCUT2D eigenvalue weighted by Crippen LogP contribution is 2.17. The molecule has 1 aromatic carbocycles. The number of nitrogens with one attached hydrogen (secondary N) is 1. The molecule has 0 fully saturated rings. The number of amides is 1. The first-order valence-corrected chi connectivity index (χ1v) is 7.82. The predicted molar refractivity (Wildman–Crippen MR) is 93.0 cm³/mol. The molecule has 0 aliphatic rings.